The van der Waals surface area contributed by atoms with Crippen molar-refractivity contribution in [2.75, 3.05) is 4.90 Å². The Kier molecular flexibility index (Phi) is 16.5. The van der Waals surface area contributed by atoms with Crippen molar-refractivity contribution in [1.29, 1.82) is 0 Å². The maximum atomic E-state index is 7.39. The van der Waals surface area contributed by atoms with E-state index in [-0.39, 0.29) is 40.0 Å². The summed E-state index contributed by atoms with van der Waals surface area (Å²) in [7, 11) is 2.31. The quantitative estimate of drug-likeness (QED) is 0.0689. The Bertz CT molecular complexity index is 3030. The van der Waals surface area contributed by atoms with Gasteiger partial charge >= 0.3 is 0 Å². The van der Waals surface area contributed by atoms with Gasteiger partial charge in [0.2, 0.25) is 0 Å². The van der Waals surface area contributed by atoms with Crippen molar-refractivity contribution in [2.24, 2.45) is 28.4 Å². The van der Waals surface area contributed by atoms with Gasteiger partial charge in [-0.2, -0.15) is 0 Å². The summed E-state index contributed by atoms with van der Waals surface area (Å²) in [6, 6.07) is 25.4. The summed E-state index contributed by atoms with van der Waals surface area (Å²) >= 11 is 0. The van der Waals surface area contributed by atoms with E-state index in [4.69, 9.17) is 5.73 Å². The fourth-order valence-corrected chi connectivity index (χ4v) is 13.2. The Morgan fingerprint density at radius 1 is 0.904 bits per heavy atom. The van der Waals surface area contributed by atoms with Crippen LogP contribution in [0.5, 0.6) is 0 Å². The van der Waals surface area contributed by atoms with E-state index in [0.29, 0.717) is 0 Å². The molecule has 0 heterocycles. The third-order valence-corrected chi connectivity index (χ3v) is 16.6. The van der Waals surface area contributed by atoms with E-state index in [2.05, 4.69) is 251 Å². The number of aryl methyl sites for hydroxylation is 3. The van der Waals surface area contributed by atoms with Gasteiger partial charge in [-0.05, 0) is 156 Å². The van der Waals surface area contributed by atoms with Gasteiger partial charge in [-0.3, -0.25) is 0 Å². The Morgan fingerprint density at radius 3 is 2.27 bits per heavy atom. The van der Waals surface area contributed by atoms with E-state index in [1.165, 1.54) is 83.4 Å². The Labute approximate surface area is 444 Å². The van der Waals surface area contributed by atoms with Gasteiger partial charge in [0, 0.05) is 45.7 Å². The van der Waals surface area contributed by atoms with Crippen LogP contribution in [0.2, 0.25) is 6.82 Å². The fourth-order valence-electron chi connectivity index (χ4n) is 13.2. The first-order valence-electron chi connectivity index (χ1n) is 27.2. The summed E-state index contributed by atoms with van der Waals surface area (Å²) in [4.78, 5) is 2.59. The van der Waals surface area contributed by atoms with Crippen molar-refractivity contribution in [3.05, 3.63) is 219 Å². The van der Waals surface area contributed by atoms with Gasteiger partial charge in [-0.25, -0.2) is 0 Å². The molecule has 0 bridgehead atoms. The number of fused-ring (bicyclic) bond motifs is 5. The molecule has 3 unspecified atom stereocenters. The van der Waals surface area contributed by atoms with E-state index in [1.54, 1.807) is 5.57 Å². The number of nitrogens with two attached hydrogens (primary N) is 1. The van der Waals surface area contributed by atoms with Crippen LogP contribution in [-0.2, 0) is 5.41 Å². The molecule has 3 aliphatic carbocycles. The third-order valence-electron chi connectivity index (χ3n) is 16.6. The van der Waals surface area contributed by atoms with Crippen LogP contribution in [0.3, 0.4) is 0 Å². The zero-order chi connectivity index (χ0) is 53.3. The van der Waals surface area contributed by atoms with Gasteiger partial charge in [-0.1, -0.05) is 221 Å². The van der Waals surface area contributed by atoms with E-state index in [0.717, 1.165) is 48.3 Å². The SMILES string of the molecule is C=C/C=C\C1/C(C(C)N)=C2/C(/C=C/c3cc(C)cc(N(/C(C)=C\C(=C(/C=C)C(C)(C)CCC)C(C)C)c4cc(C)c(C(C)(C)c5ccccc5C=C)cc4[B]C)c3-c3ccc(C)cc31)C1=C(CCC=C1)C2(C)C. The maximum Gasteiger partial charge on any atom is 0.151 e. The van der Waals surface area contributed by atoms with E-state index >= 15 is 0 Å². The van der Waals surface area contributed by atoms with E-state index in [9.17, 15) is 0 Å². The molecular formula is C70H86BN2. The summed E-state index contributed by atoms with van der Waals surface area (Å²) in [5.41, 5.74) is 32.0. The van der Waals surface area contributed by atoms with Crippen molar-refractivity contribution in [3.8, 4) is 11.1 Å². The first-order valence-corrected chi connectivity index (χ1v) is 27.2. The van der Waals surface area contributed by atoms with Crippen LogP contribution < -0.4 is 16.1 Å². The number of nitrogens with zero attached hydrogens (tertiary/aromatic N) is 1. The summed E-state index contributed by atoms with van der Waals surface area (Å²) in [5, 5.41) is 0. The molecule has 3 aliphatic rings. The van der Waals surface area contributed by atoms with E-state index < -0.39 is 0 Å². The van der Waals surface area contributed by atoms with Gasteiger partial charge in [-0.15, -0.1) is 0 Å². The molecule has 2 nitrogen and oxygen atoms in total. The highest BCUT2D eigenvalue weighted by Crippen LogP contribution is 2.58. The Balaban J connectivity index is 1.66. The smallest absolute Gasteiger partial charge is 0.151 e. The summed E-state index contributed by atoms with van der Waals surface area (Å²) in [6.45, 7) is 47.8. The first kappa shape index (κ1) is 54.9. The van der Waals surface area contributed by atoms with Gasteiger partial charge in [0.15, 0.2) is 7.28 Å². The van der Waals surface area contributed by atoms with Crippen molar-refractivity contribution in [3.63, 3.8) is 0 Å². The lowest BCUT2D eigenvalue weighted by atomic mass is 9.67. The van der Waals surface area contributed by atoms with Crippen LogP contribution >= 0.6 is 0 Å². The predicted octanol–water partition coefficient (Wildman–Crippen LogP) is 18.4. The molecule has 0 spiro atoms. The summed E-state index contributed by atoms with van der Waals surface area (Å²) in [6.07, 6.45) is 27.1. The van der Waals surface area contributed by atoms with Crippen LogP contribution in [0.25, 0.3) is 23.3 Å². The topological polar surface area (TPSA) is 29.3 Å². The highest BCUT2D eigenvalue weighted by Gasteiger charge is 2.46. The monoisotopic (exact) mass is 966 g/mol. The van der Waals surface area contributed by atoms with Gasteiger partial charge in [0.25, 0.3) is 0 Å². The highest BCUT2D eigenvalue weighted by molar-refractivity contribution is 6.54. The molecule has 0 saturated carbocycles. The van der Waals surface area contributed by atoms with Crippen molar-refractivity contribution < 1.29 is 0 Å². The average Bonchev–Trinajstić information content (AvgIpc) is 3.56. The number of hydrogen-bond donors (Lipinski definition) is 1. The molecule has 0 aliphatic heterocycles. The number of allylic oxidation sites excluding steroid dienone is 14. The second-order valence-electron chi connectivity index (χ2n) is 23.3. The summed E-state index contributed by atoms with van der Waals surface area (Å²) < 4.78 is 0. The molecular weight excluding hydrogens is 880 g/mol. The minimum Gasteiger partial charge on any atom is -0.324 e. The third kappa shape index (κ3) is 10.3. The molecule has 2 N–H and O–H groups in total. The van der Waals surface area contributed by atoms with E-state index in [1.807, 2.05) is 12.2 Å². The normalized spacial score (nSPS) is 19.9. The second-order valence-corrected chi connectivity index (χ2v) is 23.3. The molecule has 3 atom stereocenters. The summed E-state index contributed by atoms with van der Waals surface area (Å²) in [5.74, 6) is 0.224. The molecule has 0 aromatic heterocycles. The number of anilines is 2. The van der Waals surface area contributed by atoms with Gasteiger partial charge < -0.3 is 10.6 Å². The van der Waals surface area contributed by atoms with Crippen molar-refractivity contribution in [2.45, 2.75) is 147 Å². The lowest BCUT2D eigenvalue weighted by molar-refractivity contribution is 0.406. The molecule has 4 aromatic rings. The van der Waals surface area contributed by atoms with Crippen LogP contribution in [0.15, 0.2) is 174 Å². The molecule has 73 heavy (non-hydrogen) atoms. The van der Waals surface area contributed by atoms with Gasteiger partial charge in [0.1, 0.15) is 0 Å². The highest BCUT2D eigenvalue weighted by atomic mass is 15.1. The minimum atomic E-state index is -0.301. The van der Waals surface area contributed by atoms with Crippen LogP contribution in [0.1, 0.15) is 152 Å². The zero-order valence-corrected chi connectivity index (χ0v) is 47.5. The molecule has 4 aromatic carbocycles. The number of benzene rings is 4. The predicted molar refractivity (Wildman–Crippen MR) is 324 cm³/mol. The molecule has 379 valence electrons. The minimum absolute atomic E-state index is 0.0571. The molecule has 0 fully saturated rings. The zero-order valence-electron chi connectivity index (χ0n) is 47.5. The fraction of sp³-hybridized carbons (Fsp3) is 0.371. The second kappa shape index (κ2) is 21.9. The molecule has 7 rings (SSSR count). The molecule has 0 saturated heterocycles. The number of hydrogen-bond acceptors (Lipinski definition) is 2. The van der Waals surface area contributed by atoms with Crippen molar-refractivity contribution in [1.82, 2.24) is 0 Å². The lowest BCUT2D eigenvalue weighted by Crippen LogP contribution is -2.30. The molecule has 1 radical (unpaired) electrons. The molecule has 0 amide bonds. The largest absolute Gasteiger partial charge is 0.324 e. The first-order chi connectivity index (χ1) is 34.6. The van der Waals surface area contributed by atoms with Crippen LogP contribution in [0.4, 0.5) is 11.4 Å². The van der Waals surface area contributed by atoms with Crippen LogP contribution in [-0.4, -0.2) is 13.3 Å². The van der Waals surface area contributed by atoms with Crippen molar-refractivity contribution >= 4 is 36.3 Å². The molecule has 3 heteroatoms. The Hall–Kier alpha value is -5.90. The Morgan fingerprint density at radius 2 is 1.63 bits per heavy atom. The average molecular weight is 966 g/mol. The number of rotatable bonds is 16. The standard InChI is InChI=1S/C70H86BN2/c1-19-23-29-53-57-39-45(7)33-35-54(57)66-51(34-36-55-52-30-25-27-32-60(52)70(16,17)67(55)65(53)49(11)72)38-46(8)40-64(66)73(48(10)42-56(44(5)6)58(22-4)68(12,13)37-20-2)63-41-47(9)61(43-62(63)71-18)69(14,15)59-31-26-24-28-50(59)21-3/h19,21-26,28-31,33-36,38-44,49,53,55H,1,3-4,20,27,32,37,72H2,2,5-18H3/b29-23-,36-34+,48-42-,58-56-,67-65-. The maximum absolute atomic E-state index is 7.39. The lowest BCUT2D eigenvalue weighted by Gasteiger charge is -2.37. The van der Waals surface area contributed by atoms with Gasteiger partial charge in [0.05, 0.1) is 5.69 Å². The van der Waals surface area contributed by atoms with Crippen LogP contribution in [0, 0.1) is 43.4 Å².